The van der Waals surface area contributed by atoms with Gasteiger partial charge in [-0.3, -0.25) is 0 Å². The first-order valence-electron chi connectivity index (χ1n) is 7.89. The standard InChI is InChI=1S/C20H14Br2FNO3/c1-11(2)10-26-18-14(21)7-12(8-15(18)22)9-17-20(25)27-19(24-17)13-5-3-4-6-16(13)23/h3-9H,1,10H2,2H3/b17-9+. The Labute approximate surface area is 172 Å². The minimum absolute atomic E-state index is 0.0520. The van der Waals surface area contributed by atoms with Crippen LogP contribution in [-0.4, -0.2) is 18.5 Å². The number of carbonyl (C=O) groups is 1. The third-order valence-corrected chi connectivity index (χ3v) is 4.69. The average molecular weight is 495 g/mol. The monoisotopic (exact) mass is 493 g/mol. The molecular formula is C20H14Br2FNO3. The molecule has 138 valence electrons. The van der Waals surface area contributed by atoms with Crippen LogP contribution in [0.1, 0.15) is 18.1 Å². The molecule has 0 fully saturated rings. The molecule has 0 bridgehead atoms. The second-order valence-electron chi connectivity index (χ2n) is 5.88. The molecule has 1 aliphatic rings. The van der Waals surface area contributed by atoms with Crippen LogP contribution in [0.25, 0.3) is 6.08 Å². The molecule has 1 aliphatic heterocycles. The predicted octanol–water partition coefficient (Wildman–Crippen LogP) is 5.65. The lowest BCUT2D eigenvalue weighted by Crippen LogP contribution is -2.07. The van der Waals surface area contributed by atoms with Gasteiger partial charge in [0, 0.05) is 0 Å². The van der Waals surface area contributed by atoms with Gasteiger partial charge in [0.2, 0.25) is 5.90 Å². The summed E-state index contributed by atoms with van der Waals surface area (Å²) in [6.07, 6.45) is 1.56. The number of ether oxygens (including phenoxy) is 2. The van der Waals surface area contributed by atoms with E-state index in [2.05, 4.69) is 43.4 Å². The van der Waals surface area contributed by atoms with Crippen molar-refractivity contribution in [1.29, 1.82) is 0 Å². The number of carbonyl (C=O) groups excluding carboxylic acids is 1. The number of hydrogen-bond acceptors (Lipinski definition) is 4. The Hall–Kier alpha value is -2.25. The van der Waals surface area contributed by atoms with Gasteiger partial charge in [-0.25, -0.2) is 14.2 Å². The number of hydrogen-bond donors (Lipinski definition) is 0. The largest absolute Gasteiger partial charge is 0.487 e. The molecule has 0 saturated heterocycles. The molecule has 2 aromatic carbocycles. The molecule has 0 aromatic heterocycles. The van der Waals surface area contributed by atoms with E-state index in [1.807, 2.05) is 6.92 Å². The summed E-state index contributed by atoms with van der Waals surface area (Å²) in [6, 6.07) is 9.56. The maximum Gasteiger partial charge on any atom is 0.363 e. The summed E-state index contributed by atoms with van der Waals surface area (Å²) >= 11 is 6.91. The Kier molecular flexibility index (Phi) is 5.92. The molecule has 3 rings (SSSR count). The van der Waals surface area contributed by atoms with E-state index in [1.54, 1.807) is 30.3 Å². The van der Waals surface area contributed by atoms with E-state index in [9.17, 15) is 9.18 Å². The van der Waals surface area contributed by atoms with Crippen molar-refractivity contribution in [1.82, 2.24) is 0 Å². The van der Waals surface area contributed by atoms with Crippen LogP contribution in [0, 0.1) is 5.82 Å². The molecule has 0 saturated carbocycles. The molecule has 0 amide bonds. The van der Waals surface area contributed by atoms with E-state index in [-0.39, 0.29) is 17.2 Å². The number of nitrogens with zero attached hydrogens (tertiary/aromatic N) is 1. The summed E-state index contributed by atoms with van der Waals surface area (Å²) in [4.78, 5) is 16.2. The first-order valence-corrected chi connectivity index (χ1v) is 9.47. The van der Waals surface area contributed by atoms with Crippen LogP contribution >= 0.6 is 31.9 Å². The summed E-state index contributed by atoms with van der Waals surface area (Å²) in [5.41, 5.74) is 1.81. The number of rotatable bonds is 5. The lowest BCUT2D eigenvalue weighted by Gasteiger charge is -2.11. The number of esters is 1. The van der Waals surface area contributed by atoms with Crippen molar-refractivity contribution in [3.63, 3.8) is 0 Å². The highest BCUT2D eigenvalue weighted by Crippen LogP contribution is 2.36. The van der Waals surface area contributed by atoms with Crippen LogP contribution in [-0.2, 0) is 9.53 Å². The lowest BCUT2D eigenvalue weighted by atomic mass is 10.2. The van der Waals surface area contributed by atoms with Gasteiger partial charge >= 0.3 is 5.97 Å². The number of aliphatic imine (C=N–C) groups is 1. The van der Waals surface area contributed by atoms with Gasteiger partial charge in [0.05, 0.1) is 14.5 Å². The summed E-state index contributed by atoms with van der Waals surface area (Å²) < 4.78 is 26.1. The van der Waals surface area contributed by atoms with Crippen LogP contribution in [0.4, 0.5) is 4.39 Å². The molecule has 0 spiro atoms. The fourth-order valence-electron chi connectivity index (χ4n) is 2.31. The van der Waals surface area contributed by atoms with E-state index >= 15 is 0 Å². The van der Waals surface area contributed by atoms with E-state index in [1.165, 1.54) is 12.1 Å². The maximum absolute atomic E-state index is 13.9. The third-order valence-electron chi connectivity index (χ3n) is 3.51. The van der Waals surface area contributed by atoms with Crippen molar-refractivity contribution < 1.29 is 18.7 Å². The molecule has 7 heteroatoms. The zero-order valence-electron chi connectivity index (χ0n) is 14.3. The Morgan fingerprint density at radius 3 is 2.59 bits per heavy atom. The average Bonchev–Trinajstić information content (AvgIpc) is 2.94. The molecule has 0 atom stereocenters. The van der Waals surface area contributed by atoms with Gasteiger partial charge in [-0.1, -0.05) is 18.7 Å². The molecule has 27 heavy (non-hydrogen) atoms. The minimum atomic E-state index is -0.636. The smallest absolute Gasteiger partial charge is 0.363 e. The summed E-state index contributed by atoms with van der Waals surface area (Å²) in [5.74, 6) is -0.563. The van der Waals surface area contributed by atoms with Gasteiger partial charge in [-0.05, 0) is 80.3 Å². The Balaban J connectivity index is 1.91. The van der Waals surface area contributed by atoms with Gasteiger partial charge in [0.25, 0.3) is 0 Å². The first-order chi connectivity index (χ1) is 12.8. The van der Waals surface area contributed by atoms with E-state index in [0.29, 0.717) is 26.9 Å². The molecule has 0 radical (unpaired) electrons. The summed E-state index contributed by atoms with van der Waals surface area (Å²) in [6.45, 7) is 6.07. The predicted molar refractivity (Wildman–Crippen MR) is 109 cm³/mol. The van der Waals surface area contributed by atoms with E-state index in [4.69, 9.17) is 9.47 Å². The normalized spacial score (nSPS) is 14.9. The van der Waals surface area contributed by atoms with E-state index < -0.39 is 11.8 Å². The van der Waals surface area contributed by atoms with Gasteiger partial charge in [0.15, 0.2) is 5.70 Å². The molecule has 0 aliphatic carbocycles. The Bertz CT molecular complexity index is 975. The van der Waals surface area contributed by atoms with Crippen molar-refractivity contribution in [2.45, 2.75) is 6.92 Å². The van der Waals surface area contributed by atoms with Gasteiger partial charge < -0.3 is 9.47 Å². The second-order valence-corrected chi connectivity index (χ2v) is 7.58. The fraction of sp³-hybridized carbons (Fsp3) is 0.100. The topological polar surface area (TPSA) is 47.9 Å². The Morgan fingerprint density at radius 2 is 1.96 bits per heavy atom. The van der Waals surface area contributed by atoms with Crippen LogP contribution in [0.5, 0.6) is 5.75 Å². The highest BCUT2D eigenvalue weighted by Gasteiger charge is 2.26. The quantitative estimate of drug-likeness (QED) is 0.306. The number of cyclic esters (lactones) is 1. The second kappa shape index (κ2) is 8.19. The SMILES string of the molecule is C=C(C)COc1c(Br)cc(/C=C2/N=C(c3ccccc3F)OC2=O)cc1Br. The molecular weight excluding hydrogens is 481 g/mol. The molecule has 4 nitrogen and oxygen atoms in total. The summed E-state index contributed by atoms with van der Waals surface area (Å²) in [7, 11) is 0. The first kappa shape index (κ1) is 19.5. The Morgan fingerprint density at radius 1 is 1.30 bits per heavy atom. The zero-order valence-corrected chi connectivity index (χ0v) is 17.4. The van der Waals surface area contributed by atoms with Gasteiger partial charge in [-0.15, -0.1) is 0 Å². The van der Waals surface area contributed by atoms with Crippen LogP contribution in [0.3, 0.4) is 0 Å². The van der Waals surface area contributed by atoms with E-state index in [0.717, 1.165) is 5.57 Å². The maximum atomic E-state index is 13.9. The minimum Gasteiger partial charge on any atom is -0.487 e. The highest BCUT2D eigenvalue weighted by molar-refractivity contribution is 9.11. The van der Waals surface area contributed by atoms with Crippen molar-refractivity contribution in [2.24, 2.45) is 4.99 Å². The van der Waals surface area contributed by atoms with Crippen molar-refractivity contribution in [3.8, 4) is 5.75 Å². The molecule has 1 heterocycles. The third kappa shape index (κ3) is 4.54. The lowest BCUT2D eigenvalue weighted by molar-refractivity contribution is -0.129. The van der Waals surface area contributed by atoms with Crippen LogP contribution in [0.2, 0.25) is 0 Å². The van der Waals surface area contributed by atoms with Crippen molar-refractivity contribution in [2.75, 3.05) is 6.61 Å². The molecule has 0 N–H and O–H groups in total. The fourth-order valence-corrected chi connectivity index (χ4v) is 3.76. The zero-order chi connectivity index (χ0) is 19.6. The highest BCUT2D eigenvalue weighted by atomic mass is 79.9. The van der Waals surface area contributed by atoms with Crippen LogP contribution in [0.15, 0.2) is 68.2 Å². The van der Waals surface area contributed by atoms with Crippen molar-refractivity contribution in [3.05, 3.63) is 80.1 Å². The van der Waals surface area contributed by atoms with Gasteiger partial charge in [-0.2, -0.15) is 0 Å². The van der Waals surface area contributed by atoms with Crippen molar-refractivity contribution >= 4 is 49.8 Å². The number of halogens is 3. The molecule has 2 aromatic rings. The molecule has 0 unspecified atom stereocenters. The summed E-state index contributed by atoms with van der Waals surface area (Å²) in [5, 5.41) is 0. The number of benzene rings is 2. The van der Waals surface area contributed by atoms with Crippen LogP contribution < -0.4 is 4.74 Å². The van der Waals surface area contributed by atoms with Gasteiger partial charge in [0.1, 0.15) is 18.2 Å².